The molecule has 1 rings (SSSR count). The zero-order valence-electron chi connectivity index (χ0n) is 6.53. The van der Waals surface area contributed by atoms with Gasteiger partial charge in [-0.1, -0.05) is 27.5 Å². The van der Waals surface area contributed by atoms with E-state index >= 15 is 0 Å². The number of carbonyl (C=O) groups excluding carboxylic acids is 1. The number of alkyl halides is 3. The second-order valence-corrected chi connectivity index (χ2v) is 3.77. The Morgan fingerprint density at radius 3 is 2.36 bits per heavy atom. The Morgan fingerprint density at radius 2 is 1.93 bits per heavy atom. The van der Waals surface area contributed by atoms with Gasteiger partial charge in [0.1, 0.15) is 0 Å². The summed E-state index contributed by atoms with van der Waals surface area (Å²) in [6.45, 7) is 0. The Kier molecular flexibility index (Phi) is 3.21. The maximum absolute atomic E-state index is 12.0. The fourth-order valence-electron chi connectivity index (χ4n) is 0.826. The highest BCUT2D eigenvalue weighted by Crippen LogP contribution is 2.28. The molecule has 0 unspecified atom stereocenters. The molecule has 0 amide bonds. The summed E-state index contributed by atoms with van der Waals surface area (Å²) in [5.74, 6) is -1.94. The first-order valence-electron chi connectivity index (χ1n) is 3.39. The second-order valence-electron chi connectivity index (χ2n) is 2.45. The van der Waals surface area contributed by atoms with Gasteiger partial charge in [0.05, 0.1) is 5.02 Å². The van der Waals surface area contributed by atoms with E-state index in [0.29, 0.717) is 4.47 Å². The number of rotatable bonds is 1. The zero-order chi connectivity index (χ0) is 10.9. The van der Waals surface area contributed by atoms with Gasteiger partial charge < -0.3 is 0 Å². The summed E-state index contributed by atoms with van der Waals surface area (Å²) in [5.41, 5.74) is -0.539. The van der Waals surface area contributed by atoms with E-state index in [0.717, 1.165) is 6.07 Å². The molecule has 76 valence electrons. The Bertz CT molecular complexity index is 375. The van der Waals surface area contributed by atoms with Crippen LogP contribution in [0.25, 0.3) is 0 Å². The maximum Gasteiger partial charge on any atom is 0.454 e. The third-order valence-corrected chi connectivity index (χ3v) is 2.24. The minimum atomic E-state index is -4.89. The largest absolute Gasteiger partial charge is 0.454 e. The van der Waals surface area contributed by atoms with Crippen molar-refractivity contribution in [2.75, 3.05) is 0 Å². The molecule has 0 aliphatic rings. The number of ketones is 1. The van der Waals surface area contributed by atoms with Crippen molar-refractivity contribution in [2.24, 2.45) is 0 Å². The fraction of sp³-hybridized carbons (Fsp3) is 0.125. The molecular weight excluding hydrogens is 284 g/mol. The molecular formula is C8H3BrClF3O. The summed E-state index contributed by atoms with van der Waals surface area (Å²) in [7, 11) is 0. The van der Waals surface area contributed by atoms with Gasteiger partial charge in [0.25, 0.3) is 5.78 Å². The van der Waals surface area contributed by atoms with Gasteiger partial charge in [-0.15, -0.1) is 0 Å². The van der Waals surface area contributed by atoms with Crippen molar-refractivity contribution in [1.29, 1.82) is 0 Å². The predicted octanol–water partition coefficient (Wildman–Crippen LogP) is 3.85. The number of hydrogen-bond acceptors (Lipinski definition) is 1. The predicted molar refractivity (Wildman–Crippen MR) is 49.5 cm³/mol. The van der Waals surface area contributed by atoms with Gasteiger partial charge in [-0.3, -0.25) is 4.79 Å². The summed E-state index contributed by atoms with van der Waals surface area (Å²) in [5, 5.41) is -0.221. The van der Waals surface area contributed by atoms with E-state index in [9.17, 15) is 18.0 Å². The Hall–Kier alpha value is -0.550. The highest BCUT2D eigenvalue weighted by atomic mass is 79.9. The van der Waals surface area contributed by atoms with E-state index in [-0.39, 0.29) is 5.02 Å². The Labute approximate surface area is 91.0 Å². The van der Waals surface area contributed by atoms with E-state index in [1.165, 1.54) is 12.1 Å². The van der Waals surface area contributed by atoms with Crippen LogP contribution in [0, 0.1) is 0 Å². The Morgan fingerprint density at radius 1 is 1.36 bits per heavy atom. The number of halogens is 5. The van der Waals surface area contributed by atoms with Crippen LogP contribution in [0.3, 0.4) is 0 Å². The van der Waals surface area contributed by atoms with Crippen molar-refractivity contribution in [3.05, 3.63) is 33.3 Å². The number of benzene rings is 1. The van der Waals surface area contributed by atoms with E-state index < -0.39 is 17.5 Å². The lowest BCUT2D eigenvalue weighted by molar-refractivity contribution is -0.0885. The smallest absolute Gasteiger partial charge is 0.284 e. The summed E-state index contributed by atoms with van der Waals surface area (Å²) in [4.78, 5) is 10.8. The number of hydrogen-bond donors (Lipinski definition) is 0. The molecule has 0 bridgehead atoms. The minimum absolute atomic E-state index is 0.221. The van der Waals surface area contributed by atoms with Crippen LogP contribution in [0.1, 0.15) is 10.4 Å². The van der Waals surface area contributed by atoms with Gasteiger partial charge in [-0.2, -0.15) is 13.2 Å². The number of carbonyl (C=O) groups is 1. The molecule has 14 heavy (non-hydrogen) atoms. The van der Waals surface area contributed by atoms with E-state index in [4.69, 9.17) is 11.6 Å². The third-order valence-electron chi connectivity index (χ3n) is 1.43. The molecule has 0 heterocycles. The summed E-state index contributed by atoms with van der Waals surface area (Å²) >= 11 is 8.50. The Balaban J connectivity index is 3.15. The monoisotopic (exact) mass is 286 g/mol. The standard InChI is InChI=1S/C8H3BrClF3O/c9-4-1-2-5(6(10)3-4)7(14)8(11,12)13/h1-3H. The average Bonchev–Trinajstić information content (AvgIpc) is 2.01. The van der Waals surface area contributed by atoms with Crippen molar-refractivity contribution in [2.45, 2.75) is 6.18 Å². The third kappa shape index (κ3) is 2.48. The molecule has 6 heteroatoms. The van der Waals surface area contributed by atoms with Crippen LogP contribution in [0.5, 0.6) is 0 Å². The quantitative estimate of drug-likeness (QED) is 0.717. The summed E-state index contributed by atoms with van der Waals surface area (Å²) in [6.07, 6.45) is -4.89. The molecule has 0 aliphatic carbocycles. The summed E-state index contributed by atoms with van der Waals surface area (Å²) < 4.78 is 36.5. The molecule has 0 saturated carbocycles. The van der Waals surface area contributed by atoms with Crippen LogP contribution >= 0.6 is 27.5 Å². The zero-order valence-corrected chi connectivity index (χ0v) is 8.87. The molecule has 1 nitrogen and oxygen atoms in total. The molecule has 0 aliphatic heterocycles. The SMILES string of the molecule is O=C(c1ccc(Br)cc1Cl)C(F)(F)F. The maximum atomic E-state index is 12.0. The normalized spacial score (nSPS) is 11.5. The topological polar surface area (TPSA) is 17.1 Å². The second kappa shape index (κ2) is 3.90. The average molecular weight is 287 g/mol. The molecule has 0 atom stereocenters. The van der Waals surface area contributed by atoms with Gasteiger partial charge in [0, 0.05) is 10.0 Å². The van der Waals surface area contributed by atoms with Crippen molar-refractivity contribution < 1.29 is 18.0 Å². The highest BCUT2D eigenvalue weighted by Gasteiger charge is 2.40. The lowest BCUT2D eigenvalue weighted by Crippen LogP contribution is -2.22. The summed E-state index contributed by atoms with van der Waals surface area (Å²) in [6, 6.07) is 3.59. The van der Waals surface area contributed by atoms with Crippen LogP contribution in [-0.2, 0) is 0 Å². The van der Waals surface area contributed by atoms with Crippen LogP contribution in [0.4, 0.5) is 13.2 Å². The van der Waals surface area contributed by atoms with Gasteiger partial charge >= 0.3 is 6.18 Å². The van der Waals surface area contributed by atoms with Crippen LogP contribution in [0.15, 0.2) is 22.7 Å². The molecule has 0 radical (unpaired) electrons. The fourth-order valence-corrected chi connectivity index (χ4v) is 1.59. The van der Waals surface area contributed by atoms with Crippen LogP contribution in [0.2, 0.25) is 5.02 Å². The molecule has 1 aromatic rings. The van der Waals surface area contributed by atoms with E-state index in [1.54, 1.807) is 0 Å². The van der Waals surface area contributed by atoms with Crippen LogP contribution in [-0.4, -0.2) is 12.0 Å². The van der Waals surface area contributed by atoms with E-state index in [1.807, 2.05) is 0 Å². The molecule has 0 spiro atoms. The van der Waals surface area contributed by atoms with Gasteiger partial charge in [0.15, 0.2) is 0 Å². The molecule has 0 aromatic heterocycles. The van der Waals surface area contributed by atoms with E-state index in [2.05, 4.69) is 15.9 Å². The van der Waals surface area contributed by atoms with Crippen LogP contribution < -0.4 is 0 Å². The van der Waals surface area contributed by atoms with Crippen molar-refractivity contribution in [1.82, 2.24) is 0 Å². The van der Waals surface area contributed by atoms with Gasteiger partial charge in [-0.05, 0) is 18.2 Å². The lowest BCUT2D eigenvalue weighted by Gasteiger charge is -2.06. The first kappa shape index (κ1) is 11.5. The van der Waals surface area contributed by atoms with Crippen molar-refractivity contribution in [3.63, 3.8) is 0 Å². The van der Waals surface area contributed by atoms with Crippen molar-refractivity contribution in [3.8, 4) is 0 Å². The van der Waals surface area contributed by atoms with Gasteiger partial charge in [-0.25, -0.2) is 0 Å². The molecule has 0 N–H and O–H groups in total. The first-order chi connectivity index (χ1) is 6.32. The molecule has 0 saturated heterocycles. The molecule has 0 fully saturated rings. The first-order valence-corrected chi connectivity index (χ1v) is 4.56. The minimum Gasteiger partial charge on any atom is -0.284 e. The van der Waals surface area contributed by atoms with Gasteiger partial charge in [0.2, 0.25) is 0 Å². The molecule has 1 aromatic carbocycles. The lowest BCUT2D eigenvalue weighted by atomic mass is 10.1. The number of Topliss-reactive ketones (excluding diaryl/α,β-unsaturated/α-hetero) is 1. The highest BCUT2D eigenvalue weighted by molar-refractivity contribution is 9.10. The van der Waals surface area contributed by atoms with Crippen molar-refractivity contribution >= 4 is 33.3 Å².